The molecule has 2 N–H and O–H groups in total. The summed E-state index contributed by atoms with van der Waals surface area (Å²) in [5.41, 5.74) is 1.89. The van der Waals surface area contributed by atoms with Crippen LogP contribution in [0, 0.1) is 0 Å². The van der Waals surface area contributed by atoms with Gasteiger partial charge < -0.3 is 10.6 Å². The van der Waals surface area contributed by atoms with Gasteiger partial charge in [0.25, 0.3) is 0 Å². The number of benzene rings is 2. The van der Waals surface area contributed by atoms with Crippen LogP contribution in [-0.4, -0.2) is 21.9 Å². The number of hydrogen-bond donors (Lipinski definition) is 2. The Hall–Kier alpha value is -2.57. The number of thioether (sulfide) groups is 1. The van der Waals surface area contributed by atoms with Gasteiger partial charge >= 0.3 is 0 Å². The molecule has 0 aliphatic heterocycles. The van der Waals surface area contributed by atoms with Gasteiger partial charge in [0.2, 0.25) is 5.91 Å². The van der Waals surface area contributed by atoms with Crippen LogP contribution in [0.5, 0.6) is 0 Å². The molecule has 0 saturated heterocycles. The number of rotatable bonds is 7. The molecule has 7 heteroatoms. The molecular formula is C19H17ClN4OS. The van der Waals surface area contributed by atoms with Crippen LogP contribution in [0.15, 0.2) is 71.8 Å². The Labute approximate surface area is 161 Å². The highest BCUT2D eigenvalue weighted by atomic mass is 35.5. The SMILES string of the molecule is O=C(CSc1ccc(NCc2ccccc2)nn1)Nc1ccc(Cl)cc1. The molecule has 1 aromatic heterocycles. The number of hydrogen-bond acceptors (Lipinski definition) is 5. The maximum absolute atomic E-state index is 12.0. The van der Waals surface area contributed by atoms with Gasteiger partial charge in [-0.15, -0.1) is 10.2 Å². The zero-order valence-corrected chi connectivity index (χ0v) is 15.4. The van der Waals surface area contributed by atoms with Gasteiger partial charge in [-0.1, -0.05) is 53.7 Å². The van der Waals surface area contributed by atoms with E-state index in [2.05, 4.69) is 20.8 Å². The molecule has 0 spiro atoms. The fraction of sp³-hybridized carbons (Fsp3) is 0.105. The Bertz CT molecular complexity index is 842. The van der Waals surface area contributed by atoms with Crippen molar-refractivity contribution in [2.75, 3.05) is 16.4 Å². The molecule has 2 aromatic carbocycles. The number of carbonyl (C=O) groups is 1. The largest absolute Gasteiger partial charge is 0.365 e. The van der Waals surface area contributed by atoms with E-state index >= 15 is 0 Å². The van der Waals surface area contributed by atoms with E-state index in [-0.39, 0.29) is 11.7 Å². The second kappa shape index (κ2) is 9.22. The lowest BCUT2D eigenvalue weighted by Crippen LogP contribution is -2.14. The molecule has 132 valence electrons. The molecule has 0 bridgehead atoms. The number of nitrogens with zero attached hydrogens (tertiary/aromatic N) is 2. The van der Waals surface area contributed by atoms with Crippen molar-refractivity contribution in [1.29, 1.82) is 0 Å². The van der Waals surface area contributed by atoms with Crippen LogP contribution in [-0.2, 0) is 11.3 Å². The van der Waals surface area contributed by atoms with Crippen molar-refractivity contribution < 1.29 is 4.79 Å². The zero-order chi connectivity index (χ0) is 18.2. The lowest BCUT2D eigenvalue weighted by atomic mass is 10.2. The van der Waals surface area contributed by atoms with E-state index in [4.69, 9.17) is 11.6 Å². The van der Waals surface area contributed by atoms with E-state index in [1.807, 2.05) is 42.5 Å². The van der Waals surface area contributed by atoms with Crippen molar-refractivity contribution in [2.24, 2.45) is 0 Å². The summed E-state index contributed by atoms with van der Waals surface area (Å²) in [5.74, 6) is 0.850. The van der Waals surface area contributed by atoms with Crippen LogP contribution in [0.25, 0.3) is 0 Å². The second-order valence-corrected chi connectivity index (χ2v) is 6.87. The maximum atomic E-state index is 12.0. The van der Waals surface area contributed by atoms with E-state index < -0.39 is 0 Å². The van der Waals surface area contributed by atoms with Crippen LogP contribution in [0.4, 0.5) is 11.5 Å². The number of halogens is 1. The third-order valence-corrected chi connectivity index (χ3v) is 4.61. The van der Waals surface area contributed by atoms with Gasteiger partial charge in [0.05, 0.1) is 5.75 Å². The quantitative estimate of drug-likeness (QED) is 0.588. The molecule has 1 amide bonds. The summed E-state index contributed by atoms with van der Waals surface area (Å²) in [7, 11) is 0. The number of anilines is 2. The summed E-state index contributed by atoms with van der Waals surface area (Å²) in [6.45, 7) is 0.686. The Morgan fingerprint density at radius 2 is 1.73 bits per heavy atom. The summed E-state index contributed by atoms with van der Waals surface area (Å²) in [6.07, 6.45) is 0. The minimum atomic E-state index is -0.106. The first-order valence-electron chi connectivity index (χ1n) is 7.99. The van der Waals surface area contributed by atoms with Gasteiger partial charge in [0.15, 0.2) is 0 Å². The Kier molecular flexibility index (Phi) is 6.46. The highest BCUT2D eigenvalue weighted by molar-refractivity contribution is 7.99. The standard InChI is InChI=1S/C19H17ClN4OS/c20-15-6-8-16(9-7-15)22-18(25)13-26-19-11-10-17(23-24-19)21-12-14-4-2-1-3-5-14/h1-11H,12-13H2,(H,21,23)(H,22,25). The molecule has 0 atom stereocenters. The van der Waals surface area contributed by atoms with Gasteiger partial charge in [-0.25, -0.2) is 0 Å². The Morgan fingerprint density at radius 3 is 2.42 bits per heavy atom. The number of aromatic nitrogens is 2. The predicted molar refractivity (Wildman–Crippen MR) is 107 cm³/mol. The smallest absolute Gasteiger partial charge is 0.234 e. The van der Waals surface area contributed by atoms with Gasteiger partial charge in [0, 0.05) is 17.3 Å². The van der Waals surface area contributed by atoms with Crippen LogP contribution in [0.2, 0.25) is 5.02 Å². The molecule has 0 unspecified atom stereocenters. The number of amides is 1. The van der Waals surface area contributed by atoms with E-state index in [9.17, 15) is 4.79 Å². The number of carbonyl (C=O) groups excluding carboxylic acids is 1. The maximum Gasteiger partial charge on any atom is 0.234 e. The summed E-state index contributed by atoms with van der Waals surface area (Å²) < 4.78 is 0. The zero-order valence-electron chi connectivity index (χ0n) is 13.9. The molecular weight excluding hydrogens is 368 g/mol. The van der Waals surface area contributed by atoms with Crippen LogP contribution >= 0.6 is 23.4 Å². The lowest BCUT2D eigenvalue weighted by Gasteiger charge is -2.06. The van der Waals surface area contributed by atoms with E-state index in [0.29, 0.717) is 28.1 Å². The minimum absolute atomic E-state index is 0.106. The first kappa shape index (κ1) is 18.2. The number of nitrogens with one attached hydrogen (secondary N) is 2. The van der Waals surface area contributed by atoms with Crippen molar-refractivity contribution in [2.45, 2.75) is 11.6 Å². The Balaban J connectivity index is 1.45. The monoisotopic (exact) mass is 384 g/mol. The first-order valence-corrected chi connectivity index (χ1v) is 9.35. The normalized spacial score (nSPS) is 10.3. The summed E-state index contributed by atoms with van der Waals surface area (Å²) in [6, 6.07) is 20.8. The van der Waals surface area contributed by atoms with Gasteiger partial charge in [-0.05, 0) is 42.0 Å². The van der Waals surface area contributed by atoms with Crippen LogP contribution < -0.4 is 10.6 Å². The molecule has 0 aliphatic rings. The highest BCUT2D eigenvalue weighted by Crippen LogP contribution is 2.17. The fourth-order valence-corrected chi connectivity index (χ4v) is 2.89. The molecule has 3 aromatic rings. The van der Waals surface area contributed by atoms with Crippen molar-refractivity contribution in [3.63, 3.8) is 0 Å². The predicted octanol–water partition coefficient (Wildman–Crippen LogP) is 4.47. The van der Waals surface area contributed by atoms with Crippen molar-refractivity contribution >= 4 is 40.8 Å². The van der Waals surface area contributed by atoms with Crippen LogP contribution in [0.1, 0.15) is 5.56 Å². The molecule has 0 aliphatic carbocycles. The topological polar surface area (TPSA) is 66.9 Å². The van der Waals surface area contributed by atoms with Gasteiger partial charge in [-0.2, -0.15) is 0 Å². The molecule has 0 saturated carbocycles. The first-order chi connectivity index (χ1) is 12.7. The molecule has 0 radical (unpaired) electrons. The molecule has 5 nitrogen and oxygen atoms in total. The lowest BCUT2D eigenvalue weighted by molar-refractivity contribution is -0.113. The third kappa shape index (κ3) is 5.75. The fourth-order valence-electron chi connectivity index (χ4n) is 2.15. The van der Waals surface area contributed by atoms with Crippen molar-refractivity contribution in [3.05, 3.63) is 77.3 Å². The van der Waals surface area contributed by atoms with E-state index in [0.717, 1.165) is 0 Å². The van der Waals surface area contributed by atoms with Crippen molar-refractivity contribution in [3.8, 4) is 0 Å². The van der Waals surface area contributed by atoms with Gasteiger partial charge in [-0.3, -0.25) is 4.79 Å². The molecule has 3 rings (SSSR count). The summed E-state index contributed by atoms with van der Waals surface area (Å²) in [4.78, 5) is 12.0. The molecule has 1 heterocycles. The van der Waals surface area contributed by atoms with Crippen LogP contribution in [0.3, 0.4) is 0 Å². The summed E-state index contributed by atoms with van der Waals surface area (Å²) in [5, 5.41) is 15.6. The van der Waals surface area contributed by atoms with Crippen molar-refractivity contribution in [1.82, 2.24) is 10.2 Å². The molecule has 26 heavy (non-hydrogen) atoms. The minimum Gasteiger partial charge on any atom is -0.365 e. The van der Waals surface area contributed by atoms with Gasteiger partial charge in [0.1, 0.15) is 10.8 Å². The highest BCUT2D eigenvalue weighted by Gasteiger charge is 2.05. The van der Waals surface area contributed by atoms with E-state index in [1.54, 1.807) is 24.3 Å². The summed E-state index contributed by atoms with van der Waals surface area (Å²) >= 11 is 7.16. The third-order valence-electron chi connectivity index (χ3n) is 3.44. The average Bonchev–Trinajstić information content (AvgIpc) is 2.68. The second-order valence-electron chi connectivity index (χ2n) is 5.44. The Morgan fingerprint density at radius 1 is 0.962 bits per heavy atom. The van der Waals surface area contributed by atoms with E-state index in [1.165, 1.54) is 17.3 Å². The average molecular weight is 385 g/mol. The molecule has 0 fully saturated rings.